The number of hydrogen-bond donors (Lipinski definition) is 0. The molecule has 1 saturated heterocycles. The Morgan fingerprint density at radius 3 is 2.18 bits per heavy atom. The Bertz CT molecular complexity index is 749. The zero-order valence-electron chi connectivity index (χ0n) is 12.6. The minimum atomic E-state index is -3.63. The van der Waals surface area contributed by atoms with Crippen molar-refractivity contribution < 1.29 is 16.8 Å². The van der Waals surface area contributed by atoms with Crippen molar-refractivity contribution >= 4 is 19.9 Å². The number of rotatable bonds is 5. The van der Waals surface area contributed by atoms with E-state index in [-0.39, 0.29) is 22.4 Å². The summed E-state index contributed by atoms with van der Waals surface area (Å²) in [5.41, 5.74) is 1.08. The topological polar surface area (TPSA) is 71.5 Å². The van der Waals surface area contributed by atoms with Gasteiger partial charge in [-0.3, -0.25) is 0 Å². The van der Waals surface area contributed by atoms with Crippen LogP contribution in [0.3, 0.4) is 0 Å². The van der Waals surface area contributed by atoms with E-state index in [0.717, 1.165) is 24.8 Å². The van der Waals surface area contributed by atoms with E-state index in [9.17, 15) is 16.8 Å². The van der Waals surface area contributed by atoms with Crippen LogP contribution in [-0.4, -0.2) is 44.7 Å². The average Bonchev–Trinajstić information content (AvgIpc) is 3.23. The summed E-state index contributed by atoms with van der Waals surface area (Å²) in [5, 5.41) is 0. The van der Waals surface area contributed by atoms with Crippen molar-refractivity contribution in [3.63, 3.8) is 0 Å². The molecule has 0 aromatic heterocycles. The van der Waals surface area contributed by atoms with E-state index in [1.807, 2.05) is 19.1 Å². The van der Waals surface area contributed by atoms with Gasteiger partial charge in [0.15, 0.2) is 9.84 Å². The van der Waals surface area contributed by atoms with Crippen LogP contribution in [0.1, 0.15) is 31.7 Å². The van der Waals surface area contributed by atoms with Crippen molar-refractivity contribution in [1.82, 2.24) is 4.31 Å². The molecule has 0 amide bonds. The number of hydrogen-bond acceptors (Lipinski definition) is 4. The molecular weight excluding hydrogens is 322 g/mol. The highest BCUT2D eigenvalue weighted by atomic mass is 32.2. The van der Waals surface area contributed by atoms with Gasteiger partial charge in [0, 0.05) is 12.1 Å². The number of aryl methyl sites for hydroxylation is 1. The number of sulfone groups is 1. The lowest BCUT2D eigenvalue weighted by Crippen LogP contribution is -2.42. The molecular formula is C15H21NO4S2. The quantitative estimate of drug-likeness (QED) is 0.814. The van der Waals surface area contributed by atoms with Gasteiger partial charge >= 0.3 is 0 Å². The summed E-state index contributed by atoms with van der Waals surface area (Å²) >= 11 is 0. The van der Waals surface area contributed by atoms with Gasteiger partial charge in [-0.1, -0.05) is 19.1 Å². The molecule has 1 aliphatic carbocycles. The average molecular weight is 343 g/mol. The van der Waals surface area contributed by atoms with Crippen LogP contribution in [0.4, 0.5) is 0 Å². The predicted octanol–water partition coefficient (Wildman–Crippen LogP) is 1.59. The molecule has 122 valence electrons. The highest BCUT2D eigenvalue weighted by Gasteiger charge is 2.46. The third-order valence-corrected chi connectivity index (χ3v) is 8.15. The Balaban J connectivity index is 1.93. The lowest BCUT2D eigenvalue weighted by molar-refractivity contribution is 0.332. The molecule has 3 rings (SSSR count). The first-order valence-corrected chi connectivity index (χ1v) is 10.9. The molecule has 1 heterocycles. The van der Waals surface area contributed by atoms with Crippen molar-refractivity contribution in [2.45, 2.75) is 49.6 Å². The van der Waals surface area contributed by atoms with E-state index < -0.39 is 25.9 Å². The molecule has 1 saturated carbocycles. The van der Waals surface area contributed by atoms with Crippen LogP contribution < -0.4 is 0 Å². The van der Waals surface area contributed by atoms with Crippen LogP contribution in [0.5, 0.6) is 0 Å². The summed E-state index contributed by atoms with van der Waals surface area (Å²) in [4.78, 5) is 0.265. The smallest absolute Gasteiger partial charge is 0.229 e. The molecule has 1 atom stereocenters. The standard InChI is InChI=1S/C15H21NO4S2/c1-2-12-3-7-15(8-4-12)22(19,20)16(13-5-6-13)14-9-10-21(17,18)11-14/h3-4,7-8,13-14H,2,5-6,9-11H2,1H3. The van der Waals surface area contributed by atoms with Crippen LogP contribution in [0.2, 0.25) is 0 Å². The molecule has 1 aliphatic heterocycles. The van der Waals surface area contributed by atoms with Crippen LogP contribution >= 0.6 is 0 Å². The second kappa shape index (κ2) is 5.62. The fourth-order valence-electron chi connectivity index (χ4n) is 3.01. The maximum atomic E-state index is 12.9. The Morgan fingerprint density at radius 1 is 1.09 bits per heavy atom. The van der Waals surface area contributed by atoms with Gasteiger partial charge in [0.1, 0.15) is 0 Å². The molecule has 0 spiro atoms. The maximum Gasteiger partial charge on any atom is 0.243 e. The van der Waals surface area contributed by atoms with E-state index in [1.165, 1.54) is 4.31 Å². The minimum absolute atomic E-state index is 0.0332. The maximum absolute atomic E-state index is 12.9. The van der Waals surface area contributed by atoms with E-state index in [4.69, 9.17) is 0 Å². The third-order valence-electron chi connectivity index (χ3n) is 4.38. The molecule has 0 N–H and O–H groups in total. The summed E-state index contributed by atoms with van der Waals surface area (Å²) in [5.74, 6) is 0.0426. The lowest BCUT2D eigenvalue weighted by atomic mass is 10.2. The van der Waals surface area contributed by atoms with Crippen molar-refractivity contribution in [2.75, 3.05) is 11.5 Å². The highest BCUT2D eigenvalue weighted by molar-refractivity contribution is 7.92. The van der Waals surface area contributed by atoms with Crippen LogP contribution in [-0.2, 0) is 26.3 Å². The summed E-state index contributed by atoms with van der Waals surface area (Å²) in [6.07, 6.45) is 2.91. The number of nitrogens with zero attached hydrogens (tertiary/aromatic N) is 1. The van der Waals surface area contributed by atoms with E-state index in [1.54, 1.807) is 12.1 Å². The summed E-state index contributed by atoms with van der Waals surface area (Å²) in [7, 11) is -6.73. The van der Waals surface area contributed by atoms with Gasteiger partial charge in [0.2, 0.25) is 10.0 Å². The first kappa shape index (κ1) is 16.0. The van der Waals surface area contributed by atoms with Crippen LogP contribution in [0.15, 0.2) is 29.2 Å². The molecule has 5 nitrogen and oxygen atoms in total. The van der Waals surface area contributed by atoms with Gasteiger partial charge < -0.3 is 0 Å². The van der Waals surface area contributed by atoms with Gasteiger partial charge in [-0.25, -0.2) is 16.8 Å². The van der Waals surface area contributed by atoms with Crippen LogP contribution in [0, 0.1) is 0 Å². The Hall–Kier alpha value is -0.920. The number of sulfonamides is 1. The summed E-state index contributed by atoms with van der Waals surface area (Å²) in [6, 6.07) is 6.47. The van der Waals surface area contributed by atoms with Crippen molar-refractivity contribution in [3.8, 4) is 0 Å². The summed E-state index contributed by atoms with van der Waals surface area (Å²) in [6.45, 7) is 2.02. The highest BCUT2D eigenvalue weighted by Crippen LogP contribution is 2.36. The zero-order chi connectivity index (χ0) is 16.0. The molecule has 1 aromatic carbocycles. The summed E-state index contributed by atoms with van der Waals surface area (Å²) < 4.78 is 50.8. The molecule has 0 bridgehead atoms. The Labute approximate surface area is 132 Å². The second-order valence-corrected chi connectivity index (χ2v) is 10.2. The first-order valence-electron chi connectivity index (χ1n) is 7.66. The predicted molar refractivity (Wildman–Crippen MR) is 84.9 cm³/mol. The largest absolute Gasteiger partial charge is 0.243 e. The molecule has 0 radical (unpaired) electrons. The van der Waals surface area contributed by atoms with Gasteiger partial charge in [-0.05, 0) is 43.4 Å². The monoisotopic (exact) mass is 343 g/mol. The Kier molecular flexibility index (Phi) is 4.07. The number of benzene rings is 1. The van der Waals surface area contributed by atoms with Gasteiger partial charge in [-0.15, -0.1) is 0 Å². The van der Waals surface area contributed by atoms with Crippen LogP contribution in [0.25, 0.3) is 0 Å². The normalized spacial score (nSPS) is 24.7. The zero-order valence-corrected chi connectivity index (χ0v) is 14.2. The molecule has 22 heavy (non-hydrogen) atoms. The Morgan fingerprint density at radius 2 is 1.73 bits per heavy atom. The van der Waals surface area contributed by atoms with Gasteiger partial charge in [0.25, 0.3) is 0 Å². The molecule has 1 aromatic rings. The van der Waals surface area contributed by atoms with E-state index in [2.05, 4.69) is 0 Å². The van der Waals surface area contributed by atoms with Crippen molar-refractivity contribution in [1.29, 1.82) is 0 Å². The lowest BCUT2D eigenvalue weighted by Gasteiger charge is -2.27. The fraction of sp³-hybridized carbons (Fsp3) is 0.600. The van der Waals surface area contributed by atoms with E-state index >= 15 is 0 Å². The second-order valence-electron chi connectivity index (χ2n) is 6.12. The minimum Gasteiger partial charge on any atom is -0.229 e. The molecule has 2 aliphatic rings. The van der Waals surface area contributed by atoms with Gasteiger partial charge in [0.05, 0.1) is 16.4 Å². The molecule has 2 fully saturated rings. The van der Waals surface area contributed by atoms with Gasteiger partial charge in [-0.2, -0.15) is 4.31 Å². The first-order chi connectivity index (χ1) is 10.3. The third kappa shape index (κ3) is 3.07. The van der Waals surface area contributed by atoms with Crippen molar-refractivity contribution in [3.05, 3.63) is 29.8 Å². The molecule has 1 unspecified atom stereocenters. The van der Waals surface area contributed by atoms with E-state index in [0.29, 0.717) is 6.42 Å². The molecule has 7 heteroatoms. The SMILES string of the molecule is CCc1ccc(S(=O)(=O)N(C2CC2)C2CCS(=O)(=O)C2)cc1. The van der Waals surface area contributed by atoms with Crippen molar-refractivity contribution in [2.24, 2.45) is 0 Å². The fourth-order valence-corrected chi connectivity index (χ4v) is 6.72.